The first-order valence-corrected chi connectivity index (χ1v) is 9.28. The number of amides is 1. The van der Waals surface area contributed by atoms with Crippen molar-refractivity contribution in [3.63, 3.8) is 0 Å². The maximum atomic E-state index is 12.3. The van der Waals surface area contributed by atoms with Crippen LogP contribution in [0.4, 0.5) is 5.69 Å². The average Bonchev–Trinajstić information content (AvgIpc) is 2.81. The fourth-order valence-electron chi connectivity index (χ4n) is 1.48. The maximum Gasteiger partial charge on any atom is 0.348 e. The number of carboxylic acids is 1. The minimum absolute atomic E-state index is 0.133. The summed E-state index contributed by atoms with van der Waals surface area (Å²) in [6, 6.07) is 5.36. The van der Waals surface area contributed by atoms with Gasteiger partial charge in [0.15, 0.2) is 0 Å². The lowest BCUT2D eigenvalue weighted by Gasteiger charge is -2.08. The summed E-state index contributed by atoms with van der Waals surface area (Å²) in [5.74, 6) is -1.34. The lowest BCUT2D eigenvalue weighted by atomic mass is 10.2. The second-order valence-corrected chi connectivity index (χ2v) is 8.07. The molecule has 0 saturated carbocycles. The molecule has 0 spiro atoms. The summed E-state index contributed by atoms with van der Waals surface area (Å²) in [7, 11) is 0. The van der Waals surface area contributed by atoms with Gasteiger partial charge in [-0.05, 0) is 91.4 Å². The topological polar surface area (TPSA) is 66.4 Å². The van der Waals surface area contributed by atoms with Gasteiger partial charge in [0.05, 0.1) is 11.3 Å². The predicted octanol–water partition coefficient (Wildman–Crippen LogP) is 4.51. The van der Waals surface area contributed by atoms with Gasteiger partial charge in [-0.2, -0.15) is 0 Å². The van der Waals surface area contributed by atoms with E-state index < -0.39 is 5.97 Å². The third-order valence-corrected chi connectivity index (χ3v) is 6.92. The van der Waals surface area contributed by atoms with Crippen molar-refractivity contribution < 1.29 is 14.7 Å². The van der Waals surface area contributed by atoms with E-state index in [-0.39, 0.29) is 10.8 Å². The fourth-order valence-corrected chi connectivity index (χ4v) is 4.57. The van der Waals surface area contributed by atoms with E-state index in [1.54, 1.807) is 17.5 Å². The summed E-state index contributed by atoms with van der Waals surface area (Å²) in [4.78, 5) is 23.5. The molecule has 0 aliphatic heterocycles. The van der Waals surface area contributed by atoms with Crippen LogP contribution < -0.4 is 5.32 Å². The first kappa shape index (κ1) is 16.4. The number of carbonyl (C=O) groups excluding carboxylic acids is 1. The molecule has 2 N–H and O–H groups in total. The quantitative estimate of drug-likeness (QED) is 0.390. The Morgan fingerprint density at radius 3 is 2.55 bits per heavy atom. The highest BCUT2D eigenvalue weighted by Gasteiger charge is 2.18. The van der Waals surface area contributed by atoms with Crippen LogP contribution in [0.5, 0.6) is 0 Å². The van der Waals surface area contributed by atoms with Gasteiger partial charge < -0.3 is 10.4 Å². The van der Waals surface area contributed by atoms with Crippen LogP contribution in [0.3, 0.4) is 0 Å². The highest BCUT2D eigenvalue weighted by Crippen LogP contribution is 2.26. The first-order valence-electron chi connectivity index (χ1n) is 5.17. The minimum atomic E-state index is -1.04. The van der Waals surface area contributed by atoms with Crippen LogP contribution in [0, 0.1) is 10.7 Å². The number of anilines is 1. The van der Waals surface area contributed by atoms with E-state index in [2.05, 4.69) is 73.1 Å². The SMILES string of the molecule is O=C(Nc1ccsc1C(=O)O)c1cc(I)cc(I)c1I. The van der Waals surface area contributed by atoms with E-state index >= 15 is 0 Å². The Kier molecular flexibility index (Phi) is 5.64. The summed E-state index contributed by atoms with van der Waals surface area (Å²) < 4.78 is 2.80. The Labute approximate surface area is 159 Å². The fraction of sp³-hybridized carbons (Fsp3) is 0. The predicted molar refractivity (Wildman–Crippen MR) is 104 cm³/mol. The second-order valence-electron chi connectivity index (χ2n) is 3.67. The summed E-state index contributed by atoms with van der Waals surface area (Å²) in [6.45, 7) is 0. The molecule has 0 aliphatic rings. The van der Waals surface area contributed by atoms with Crippen molar-refractivity contribution in [1.29, 1.82) is 0 Å². The highest BCUT2D eigenvalue weighted by molar-refractivity contribution is 14.1. The number of nitrogens with one attached hydrogen (secondary N) is 1. The van der Waals surface area contributed by atoms with Gasteiger partial charge in [0.1, 0.15) is 4.88 Å². The van der Waals surface area contributed by atoms with Crippen LogP contribution in [0.1, 0.15) is 20.0 Å². The molecule has 1 heterocycles. The van der Waals surface area contributed by atoms with E-state index in [0.29, 0.717) is 11.3 Å². The number of carbonyl (C=O) groups is 2. The van der Waals surface area contributed by atoms with Crippen molar-refractivity contribution in [2.75, 3.05) is 5.32 Å². The molecule has 0 unspecified atom stereocenters. The zero-order valence-electron chi connectivity index (χ0n) is 9.62. The smallest absolute Gasteiger partial charge is 0.348 e. The molecule has 0 atom stereocenters. The summed E-state index contributed by atoms with van der Waals surface area (Å²) >= 11 is 7.52. The van der Waals surface area contributed by atoms with Gasteiger partial charge in [0.2, 0.25) is 0 Å². The Morgan fingerprint density at radius 2 is 1.90 bits per heavy atom. The van der Waals surface area contributed by atoms with Crippen LogP contribution >= 0.6 is 79.1 Å². The standard InChI is InChI=1S/C12H6I3NO3S/c13-5-3-6(9(15)7(14)4-5)11(17)16-8-1-2-20-10(8)12(18)19/h1-4H,(H,16,17)(H,18,19). The van der Waals surface area contributed by atoms with E-state index in [9.17, 15) is 9.59 Å². The third kappa shape index (κ3) is 3.62. The Balaban J connectivity index is 2.33. The average molecular weight is 625 g/mol. The van der Waals surface area contributed by atoms with E-state index in [0.717, 1.165) is 22.0 Å². The minimum Gasteiger partial charge on any atom is -0.477 e. The van der Waals surface area contributed by atoms with Gasteiger partial charge in [-0.25, -0.2) is 4.79 Å². The van der Waals surface area contributed by atoms with Crippen LogP contribution in [0.15, 0.2) is 23.6 Å². The van der Waals surface area contributed by atoms with Crippen molar-refractivity contribution in [1.82, 2.24) is 0 Å². The first-order chi connectivity index (χ1) is 9.40. The van der Waals surface area contributed by atoms with Gasteiger partial charge in [-0.3, -0.25) is 4.79 Å². The molecular weight excluding hydrogens is 619 g/mol. The molecule has 20 heavy (non-hydrogen) atoms. The monoisotopic (exact) mass is 625 g/mol. The van der Waals surface area contributed by atoms with Crippen LogP contribution in [0.25, 0.3) is 0 Å². The normalized spacial score (nSPS) is 10.3. The molecule has 1 aromatic carbocycles. The van der Waals surface area contributed by atoms with E-state index in [4.69, 9.17) is 5.11 Å². The molecule has 0 bridgehead atoms. The molecule has 2 rings (SSSR count). The third-order valence-electron chi connectivity index (χ3n) is 2.35. The van der Waals surface area contributed by atoms with Crippen molar-refractivity contribution in [3.8, 4) is 0 Å². The molecule has 104 valence electrons. The van der Waals surface area contributed by atoms with Gasteiger partial charge in [0.25, 0.3) is 5.91 Å². The Morgan fingerprint density at radius 1 is 1.20 bits per heavy atom. The lowest BCUT2D eigenvalue weighted by molar-refractivity contribution is 0.0703. The summed E-state index contributed by atoms with van der Waals surface area (Å²) in [5.41, 5.74) is 0.876. The van der Waals surface area contributed by atoms with Crippen LogP contribution in [0.2, 0.25) is 0 Å². The number of aromatic carboxylic acids is 1. The Hall–Kier alpha value is 0.0500. The number of halogens is 3. The lowest BCUT2D eigenvalue weighted by Crippen LogP contribution is -2.15. The molecule has 0 radical (unpaired) electrons. The number of rotatable bonds is 3. The van der Waals surface area contributed by atoms with Crippen molar-refractivity contribution >= 4 is 96.7 Å². The van der Waals surface area contributed by atoms with Gasteiger partial charge in [-0.15, -0.1) is 11.3 Å². The number of carboxylic acid groups (broad SMARTS) is 1. The largest absolute Gasteiger partial charge is 0.477 e. The Bertz CT molecular complexity index is 699. The molecule has 0 aliphatic carbocycles. The van der Waals surface area contributed by atoms with Gasteiger partial charge in [0, 0.05) is 10.7 Å². The molecule has 1 aromatic heterocycles. The number of benzene rings is 1. The summed E-state index contributed by atoms with van der Waals surface area (Å²) in [5, 5.41) is 13.3. The highest BCUT2D eigenvalue weighted by atomic mass is 127. The molecule has 4 nitrogen and oxygen atoms in total. The van der Waals surface area contributed by atoms with Gasteiger partial charge >= 0.3 is 5.97 Å². The van der Waals surface area contributed by atoms with Crippen molar-refractivity contribution in [3.05, 3.63) is 44.7 Å². The maximum absolute atomic E-state index is 12.3. The zero-order valence-corrected chi connectivity index (χ0v) is 16.9. The number of thiophene rings is 1. The van der Waals surface area contributed by atoms with Crippen LogP contribution in [-0.4, -0.2) is 17.0 Å². The molecule has 0 fully saturated rings. The second kappa shape index (κ2) is 6.87. The molecule has 8 heteroatoms. The zero-order chi connectivity index (χ0) is 14.9. The molecule has 1 amide bonds. The van der Waals surface area contributed by atoms with E-state index in [1.165, 1.54) is 0 Å². The van der Waals surface area contributed by atoms with Gasteiger partial charge in [-0.1, -0.05) is 0 Å². The van der Waals surface area contributed by atoms with Crippen molar-refractivity contribution in [2.24, 2.45) is 0 Å². The van der Waals surface area contributed by atoms with Crippen LogP contribution in [-0.2, 0) is 0 Å². The summed E-state index contributed by atoms with van der Waals surface area (Å²) in [6.07, 6.45) is 0. The molecular formula is C12H6I3NO3S. The number of hydrogen-bond donors (Lipinski definition) is 2. The molecule has 0 saturated heterocycles. The van der Waals surface area contributed by atoms with Crippen molar-refractivity contribution in [2.45, 2.75) is 0 Å². The van der Waals surface area contributed by atoms with E-state index in [1.807, 2.05) is 6.07 Å². The molecule has 2 aromatic rings. The number of hydrogen-bond acceptors (Lipinski definition) is 3.